The van der Waals surface area contributed by atoms with Gasteiger partial charge in [-0.05, 0) is 11.1 Å². The average molecular weight is 268 g/mol. The Morgan fingerprint density at radius 1 is 1.00 bits per heavy atom. The summed E-state index contributed by atoms with van der Waals surface area (Å²) in [5, 5.41) is 0. The van der Waals surface area contributed by atoms with Gasteiger partial charge in [-0.2, -0.15) is 0 Å². The van der Waals surface area contributed by atoms with Crippen LogP contribution in [0.25, 0.3) is 0 Å². The second kappa shape index (κ2) is 6.71. The van der Waals surface area contributed by atoms with Crippen LogP contribution in [-0.4, -0.2) is 15.7 Å². The minimum absolute atomic E-state index is 0.186. The van der Waals surface area contributed by atoms with E-state index in [4.69, 9.17) is 4.43 Å². The summed E-state index contributed by atoms with van der Waals surface area (Å²) >= 11 is 0. The van der Waals surface area contributed by atoms with E-state index < -0.39 is 9.76 Å². The van der Waals surface area contributed by atoms with E-state index in [0.717, 1.165) is 0 Å². The van der Waals surface area contributed by atoms with Gasteiger partial charge in [0.2, 0.25) is 9.76 Å². The molecule has 0 N–H and O–H groups in total. The van der Waals surface area contributed by atoms with Gasteiger partial charge in [-0.15, -0.1) is 0 Å². The fraction of sp³-hybridized carbons (Fsp3) is 0.0625. The molecule has 0 aliphatic carbocycles. The number of benzene rings is 2. The molecule has 0 aromatic heterocycles. The zero-order valence-corrected chi connectivity index (χ0v) is 12.1. The molecule has 0 radical (unpaired) electrons. The quantitative estimate of drug-likeness (QED) is 0.615. The van der Waals surface area contributed by atoms with Crippen LogP contribution in [0.3, 0.4) is 0 Å². The fourth-order valence-corrected chi connectivity index (χ4v) is 3.36. The Morgan fingerprint density at radius 3 is 1.89 bits per heavy atom. The lowest BCUT2D eigenvalue weighted by atomic mass is 10.0. The molecule has 0 spiro atoms. The summed E-state index contributed by atoms with van der Waals surface area (Å²) in [5.41, 5.74) is 2.57. The molecular weight excluding hydrogens is 252 g/mol. The first-order valence-electron chi connectivity index (χ1n) is 6.20. The molecule has 0 saturated carbocycles. The first-order valence-corrected chi connectivity index (χ1v) is 7.59. The Balaban J connectivity index is 2.24. The molecule has 2 aromatic rings. The maximum atomic E-state index is 11.3. The molecule has 0 fully saturated rings. The second-order valence-electron chi connectivity index (χ2n) is 4.21. The van der Waals surface area contributed by atoms with E-state index in [-0.39, 0.29) is 11.5 Å². The number of rotatable bonds is 5. The van der Waals surface area contributed by atoms with Crippen LogP contribution in [0.4, 0.5) is 0 Å². The van der Waals surface area contributed by atoms with Crippen LogP contribution < -0.4 is 0 Å². The summed E-state index contributed by atoms with van der Waals surface area (Å²) in [6.07, 6.45) is 1.22. The smallest absolute Gasteiger partial charge is 0.316 e. The molecule has 0 aliphatic rings. The minimum atomic E-state index is -1.05. The molecule has 3 heteroatoms. The van der Waals surface area contributed by atoms with Gasteiger partial charge in [0.05, 0.1) is 0 Å². The maximum Gasteiger partial charge on any atom is 0.316 e. The minimum Gasteiger partial charge on any atom is -0.521 e. The lowest BCUT2D eigenvalue weighted by Crippen LogP contribution is -2.16. The Morgan fingerprint density at radius 2 is 1.47 bits per heavy atom. The molecule has 2 rings (SSSR count). The Bertz CT molecular complexity index is 498. The zero-order valence-electron chi connectivity index (χ0n) is 10.7. The molecule has 96 valence electrons. The zero-order chi connectivity index (χ0) is 13.5. The van der Waals surface area contributed by atoms with Gasteiger partial charge < -0.3 is 4.43 Å². The van der Waals surface area contributed by atoms with Gasteiger partial charge in [-0.25, -0.2) is 4.79 Å². The number of carbonyl (C=O) groups excluding carboxylic acids is 1. The van der Waals surface area contributed by atoms with Crippen LogP contribution in [-0.2, 0) is 9.22 Å². The number of hydrogen-bond donors (Lipinski definition) is 0. The molecule has 0 amide bonds. The number of carbonyl (C=O) groups is 1. The third-order valence-electron chi connectivity index (χ3n) is 2.96. The van der Waals surface area contributed by atoms with Crippen LogP contribution in [0.15, 0.2) is 73.3 Å². The highest BCUT2D eigenvalue weighted by atomic mass is 28.2. The normalized spacial score (nSPS) is 10.8. The second-order valence-corrected chi connectivity index (χ2v) is 5.65. The molecule has 0 aliphatic heterocycles. The molecule has 19 heavy (non-hydrogen) atoms. The predicted octanol–water partition coefficient (Wildman–Crippen LogP) is 2.59. The highest BCUT2D eigenvalue weighted by Gasteiger charge is 2.16. The lowest BCUT2D eigenvalue weighted by Gasteiger charge is -2.17. The summed E-state index contributed by atoms with van der Waals surface area (Å²) < 4.78 is 5.34. The largest absolute Gasteiger partial charge is 0.521 e. The van der Waals surface area contributed by atoms with E-state index in [9.17, 15) is 4.79 Å². The van der Waals surface area contributed by atoms with Crippen molar-refractivity contribution in [1.29, 1.82) is 0 Å². The molecule has 2 aromatic carbocycles. The van der Waals surface area contributed by atoms with Gasteiger partial charge in [-0.3, -0.25) is 0 Å². The van der Waals surface area contributed by atoms with Crippen molar-refractivity contribution in [1.82, 2.24) is 0 Å². The van der Waals surface area contributed by atoms with E-state index in [0.29, 0.717) is 0 Å². The highest BCUT2D eigenvalue weighted by molar-refractivity contribution is 6.34. The fourth-order valence-electron chi connectivity index (χ4n) is 1.98. The Hall–Kier alpha value is -2.13. The van der Waals surface area contributed by atoms with Gasteiger partial charge in [0.25, 0.3) is 0 Å². The predicted molar refractivity (Wildman–Crippen MR) is 79.6 cm³/mol. The molecule has 2 nitrogen and oxygen atoms in total. The van der Waals surface area contributed by atoms with Crippen molar-refractivity contribution >= 4 is 15.7 Å². The van der Waals surface area contributed by atoms with Crippen LogP contribution in [0.2, 0.25) is 0 Å². The van der Waals surface area contributed by atoms with Gasteiger partial charge in [-0.1, -0.05) is 67.2 Å². The van der Waals surface area contributed by atoms with E-state index >= 15 is 0 Å². The monoisotopic (exact) mass is 268 g/mol. The van der Waals surface area contributed by atoms with Gasteiger partial charge >= 0.3 is 5.97 Å². The third-order valence-corrected chi connectivity index (χ3v) is 4.69. The summed E-state index contributed by atoms with van der Waals surface area (Å²) in [6.45, 7) is 3.43. The van der Waals surface area contributed by atoms with E-state index in [1.54, 1.807) is 0 Å². The van der Waals surface area contributed by atoms with Crippen LogP contribution >= 0.6 is 0 Å². The molecule has 0 bridgehead atoms. The number of hydrogen-bond acceptors (Lipinski definition) is 2. The van der Waals surface area contributed by atoms with E-state index in [2.05, 4.69) is 30.8 Å². The molecule has 0 saturated heterocycles. The summed E-state index contributed by atoms with van der Waals surface area (Å²) in [6, 6.07) is 20.3. The topological polar surface area (TPSA) is 26.3 Å². The van der Waals surface area contributed by atoms with Gasteiger partial charge in [0.15, 0.2) is 0 Å². The van der Waals surface area contributed by atoms with Crippen molar-refractivity contribution in [2.45, 2.75) is 5.54 Å². The molecule has 0 atom stereocenters. The Labute approximate surface area is 115 Å². The van der Waals surface area contributed by atoms with Crippen molar-refractivity contribution < 1.29 is 9.22 Å². The van der Waals surface area contributed by atoms with Crippen molar-refractivity contribution in [2.24, 2.45) is 0 Å². The standard InChI is InChI=1S/C16H16O2Si/c1-2-15(17)18-19-16(13-9-5-3-6-10-13)14-11-7-4-8-12-14/h2-12,16H,1,19H2. The summed E-state index contributed by atoms with van der Waals surface area (Å²) in [4.78, 5) is 11.3. The molecule has 0 unspecified atom stereocenters. The first-order chi connectivity index (χ1) is 9.31. The van der Waals surface area contributed by atoms with Gasteiger partial charge in [0, 0.05) is 11.6 Å². The average Bonchev–Trinajstić information content (AvgIpc) is 2.49. The SMILES string of the molecule is C=CC(=O)O[SiH2]C(c1ccccc1)c1ccccc1. The van der Waals surface area contributed by atoms with E-state index in [1.807, 2.05) is 36.4 Å². The van der Waals surface area contributed by atoms with Crippen LogP contribution in [0.1, 0.15) is 16.7 Å². The van der Waals surface area contributed by atoms with Crippen LogP contribution in [0, 0.1) is 0 Å². The first kappa shape index (κ1) is 13.3. The van der Waals surface area contributed by atoms with Crippen LogP contribution in [0.5, 0.6) is 0 Å². The van der Waals surface area contributed by atoms with E-state index in [1.165, 1.54) is 17.2 Å². The van der Waals surface area contributed by atoms with Gasteiger partial charge in [0.1, 0.15) is 0 Å². The molecular formula is C16H16O2Si. The third kappa shape index (κ3) is 3.66. The lowest BCUT2D eigenvalue weighted by molar-refractivity contribution is -0.129. The van der Waals surface area contributed by atoms with Crippen molar-refractivity contribution in [3.8, 4) is 0 Å². The summed E-state index contributed by atoms with van der Waals surface area (Å²) in [7, 11) is -1.05. The molecule has 0 heterocycles. The summed E-state index contributed by atoms with van der Waals surface area (Å²) in [5.74, 6) is -0.330. The highest BCUT2D eigenvalue weighted by Crippen LogP contribution is 2.23. The Kier molecular flexibility index (Phi) is 4.70. The van der Waals surface area contributed by atoms with Crippen molar-refractivity contribution in [2.75, 3.05) is 0 Å². The maximum absolute atomic E-state index is 11.3. The van der Waals surface area contributed by atoms with Crippen molar-refractivity contribution in [3.05, 3.63) is 84.4 Å². The van der Waals surface area contributed by atoms with Crippen molar-refractivity contribution in [3.63, 3.8) is 0 Å².